The minimum absolute atomic E-state index is 0.0164. The zero-order chi connectivity index (χ0) is 28.7. The van der Waals surface area contributed by atoms with Gasteiger partial charge in [0.05, 0.1) is 34.9 Å². The Hall–Kier alpha value is -2.99. The van der Waals surface area contributed by atoms with Gasteiger partial charge in [-0.2, -0.15) is 0 Å². The molecule has 2 aliphatic heterocycles. The van der Waals surface area contributed by atoms with E-state index in [4.69, 9.17) is 25.8 Å². The lowest BCUT2D eigenvalue weighted by Crippen LogP contribution is -2.42. The molecule has 0 spiro atoms. The van der Waals surface area contributed by atoms with E-state index < -0.39 is 27.8 Å². The number of hydrogen-bond acceptors (Lipinski definition) is 9. The van der Waals surface area contributed by atoms with Gasteiger partial charge in [0.2, 0.25) is 5.91 Å². The average Bonchev–Trinajstić information content (AvgIpc) is 3.43. The summed E-state index contributed by atoms with van der Waals surface area (Å²) in [5, 5.41) is 0.318. The van der Waals surface area contributed by atoms with Gasteiger partial charge < -0.3 is 23.7 Å². The van der Waals surface area contributed by atoms with Crippen molar-refractivity contribution in [3.63, 3.8) is 0 Å². The predicted molar refractivity (Wildman–Crippen MR) is 146 cm³/mol. The molecule has 0 radical (unpaired) electrons. The molecule has 10 nitrogen and oxygen atoms in total. The first-order valence-corrected chi connectivity index (χ1v) is 15.1. The van der Waals surface area contributed by atoms with Crippen LogP contribution in [0.5, 0.6) is 5.75 Å². The van der Waals surface area contributed by atoms with Crippen molar-refractivity contribution >= 4 is 33.6 Å². The highest BCUT2D eigenvalue weighted by atomic mass is 35.5. The number of amides is 1. The molecule has 216 valence electrons. The number of unbranched alkanes of at least 4 members (excludes halogenated alkanes) is 1. The van der Waals surface area contributed by atoms with Crippen LogP contribution in [-0.4, -0.2) is 66.3 Å². The second-order valence-corrected chi connectivity index (χ2v) is 11.8. The molecular weight excluding hydrogens is 560 g/mol. The summed E-state index contributed by atoms with van der Waals surface area (Å²) in [4.78, 5) is 32.4. The van der Waals surface area contributed by atoms with Gasteiger partial charge in [-0.25, -0.2) is 18.2 Å². The molecule has 12 heteroatoms. The normalized spacial score (nSPS) is 19.7. The summed E-state index contributed by atoms with van der Waals surface area (Å²) in [7, 11) is -4.22. The third-order valence-corrected chi connectivity index (χ3v) is 7.97. The number of esters is 1. The summed E-state index contributed by atoms with van der Waals surface area (Å²) in [6.07, 6.45) is 4.09. The first-order valence-electron chi connectivity index (χ1n) is 13.2. The van der Waals surface area contributed by atoms with Gasteiger partial charge in [0.1, 0.15) is 17.5 Å². The maximum absolute atomic E-state index is 13.5. The molecule has 2 aliphatic rings. The number of rotatable bonds is 12. The molecule has 2 aromatic rings. The lowest BCUT2D eigenvalue weighted by molar-refractivity contribution is -0.141. The minimum Gasteiger partial charge on any atom is -0.748 e. The first-order chi connectivity index (χ1) is 19.1. The largest absolute Gasteiger partial charge is 0.748 e. The van der Waals surface area contributed by atoms with Crippen molar-refractivity contribution in [1.29, 1.82) is 0 Å². The lowest BCUT2D eigenvalue weighted by atomic mass is 9.84. The van der Waals surface area contributed by atoms with Gasteiger partial charge in [0.15, 0.2) is 0 Å². The van der Waals surface area contributed by atoms with E-state index in [-0.39, 0.29) is 38.1 Å². The number of ether oxygens (including phenoxy) is 3. The van der Waals surface area contributed by atoms with E-state index in [1.54, 1.807) is 54.4 Å². The standard InChI is InChI=1S/C28H33ClN2O8S/c1-19-27(28(33)39-18-20-6-9-22(10-7-20)37-12-2-3-14-40(34,35)36)24(21-8-11-25(29)30-16-21)15-26(32)31(19)17-23-5-4-13-38-23/h6-11,16,23-24H,2-5,12-15,17-18H2,1H3,(H,34,35,36)/p-1/t23-,24+/m1/s1. The summed E-state index contributed by atoms with van der Waals surface area (Å²) >= 11 is 5.97. The van der Waals surface area contributed by atoms with Crippen LogP contribution in [0.3, 0.4) is 0 Å². The number of benzene rings is 1. The highest BCUT2D eigenvalue weighted by molar-refractivity contribution is 7.85. The molecule has 1 aromatic carbocycles. The van der Waals surface area contributed by atoms with Crippen LogP contribution in [0.15, 0.2) is 53.9 Å². The zero-order valence-corrected chi connectivity index (χ0v) is 23.8. The Labute approximate surface area is 239 Å². The summed E-state index contributed by atoms with van der Waals surface area (Å²) < 4.78 is 49.0. The Balaban J connectivity index is 1.42. The van der Waals surface area contributed by atoms with E-state index >= 15 is 0 Å². The van der Waals surface area contributed by atoms with Crippen molar-refractivity contribution < 1.29 is 36.8 Å². The zero-order valence-electron chi connectivity index (χ0n) is 22.2. The number of nitrogens with zero attached hydrogens (tertiary/aromatic N) is 2. The number of hydrogen-bond donors (Lipinski definition) is 0. The Morgan fingerprint density at radius 2 is 1.98 bits per heavy atom. The summed E-state index contributed by atoms with van der Waals surface area (Å²) in [5.41, 5.74) is 2.39. The van der Waals surface area contributed by atoms with E-state index in [2.05, 4.69) is 4.98 Å². The second kappa shape index (κ2) is 13.6. The molecule has 3 heterocycles. The van der Waals surface area contributed by atoms with Crippen molar-refractivity contribution in [3.05, 3.63) is 70.1 Å². The fraction of sp³-hybridized carbons (Fsp3) is 0.464. The molecule has 0 N–H and O–H groups in total. The van der Waals surface area contributed by atoms with Crippen molar-refractivity contribution in [2.24, 2.45) is 0 Å². The molecule has 1 aromatic heterocycles. The van der Waals surface area contributed by atoms with Crippen molar-refractivity contribution in [2.75, 3.05) is 25.5 Å². The molecule has 1 fully saturated rings. The van der Waals surface area contributed by atoms with Crippen LogP contribution in [0.2, 0.25) is 5.15 Å². The summed E-state index contributed by atoms with van der Waals surface area (Å²) in [6.45, 7) is 3.11. The third-order valence-electron chi connectivity index (χ3n) is 6.96. The SMILES string of the molecule is CC1=C(C(=O)OCc2ccc(OCCCCS(=O)(=O)[O-])cc2)[C@H](c2ccc(Cl)nc2)CC(=O)N1C[C@H]1CCCO1. The van der Waals surface area contributed by atoms with Crippen LogP contribution in [-0.2, 0) is 35.8 Å². The predicted octanol–water partition coefficient (Wildman–Crippen LogP) is 3.95. The molecule has 1 saturated heterocycles. The highest BCUT2D eigenvalue weighted by Crippen LogP contribution is 2.37. The molecule has 4 rings (SSSR count). The fourth-order valence-corrected chi connectivity index (χ4v) is 5.52. The molecular formula is C28H32ClN2O8S-. The molecule has 0 aliphatic carbocycles. The Bertz CT molecular complexity index is 1320. The Morgan fingerprint density at radius 1 is 1.20 bits per heavy atom. The highest BCUT2D eigenvalue weighted by Gasteiger charge is 2.38. The number of aromatic nitrogens is 1. The van der Waals surface area contributed by atoms with Gasteiger partial charge in [-0.05, 0) is 61.9 Å². The van der Waals surface area contributed by atoms with Gasteiger partial charge >= 0.3 is 5.97 Å². The van der Waals surface area contributed by atoms with Gasteiger partial charge in [-0.1, -0.05) is 29.8 Å². The topological polar surface area (TPSA) is 135 Å². The molecule has 2 atom stereocenters. The quantitative estimate of drug-likeness (QED) is 0.155. The van der Waals surface area contributed by atoms with E-state index in [0.29, 0.717) is 47.3 Å². The smallest absolute Gasteiger partial charge is 0.336 e. The average molecular weight is 592 g/mol. The molecule has 1 amide bonds. The number of halogens is 1. The number of carbonyl (C=O) groups is 2. The maximum atomic E-state index is 13.5. The van der Waals surface area contributed by atoms with E-state index in [1.165, 1.54) is 0 Å². The van der Waals surface area contributed by atoms with Crippen molar-refractivity contribution in [2.45, 2.75) is 57.7 Å². The van der Waals surface area contributed by atoms with Crippen LogP contribution in [0.25, 0.3) is 0 Å². The fourth-order valence-electron chi connectivity index (χ4n) is 4.85. The number of allylic oxidation sites excluding steroid dienone is 1. The number of pyridine rings is 1. The van der Waals surface area contributed by atoms with Crippen LogP contribution in [0, 0.1) is 0 Å². The Morgan fingerprint density at radius 3 is 2.62 bits per heavy atom. The minimum atomic E-state index is -4.22. The second-order valence-electron chi connectivity index (χ2n) is 9.85. The van der Waals surface area contributed by atoms with Gasteiger partial charge in [0.25, 0.3) is 0 Å². The Kier molecular flexibility index (Phi) is 10.2. The number of carbonyl (C=O) groups excluding carboxylic acids is 2. The molecule has 0 bridgehead atoms. The maximum Gasteiger partial charge on any atom is 0.336 e. The molecule has 0 unspecified atom stereocenters. The first kappa shape index (κ1) is 30.0. The molecule has 40 heavy (non-hydrogen) atoms. The van der Waals surface area contributed by atoms with Crippen LogP contribution < -0.4 is 4.74 Å². The summed E-state index contributed by atoms with van der Waals surface area (Å²) in [6, 6.07) is 10.4. The van der Waals surface area contributed by atoms with Crippen LogP contribution in [0.4, 0.5) is 0 Å². The third kappa shape index (κ3) is 8.26. The monoisotopic (exact) mass is 591 g/mol. The van der Waals surface area contributed by atoms with Gasteiger partial charge in [0, 0.05) is 36.6 Å². The summed E-state index contributed by atoms with van der Waals surface area (Å²) in [5.74, 6) is -0.959. The van der Waals surface area contributed by atoms with E-state index in [0.717, 1.165) is 18.4 Å². The van der Waals surface area contributed by atoms with Crippen LogP contribution >= 0.6 is 11.6 Å². The van der Waals surface area contributed by atoms with Gasteiger partial charge in [-0.15, -0.1) is 0 Å². The van der Waals surface area contributed by atoms with Gasteiger partial charge in [-0.3, -0.25) is 4.79 Å². The molecule has 0 saturated carbocycles. The lowest BCUT2D eigenvalue weighted by Gasteiger charge is -2.35. The van der Waals surface area contributed by atoms with Crippen molar-refractivity contribution in [1.82, 2.24) is 9.88 Å². The van der Waals surface area contributed by atoms with E-state index in [1.807, 2.05) is 0 Å². The van der Waals surface area contributed by atoms with Crippen molar-refractivity contribution in [3.8, 4) is 5.75 Å². The van der Waals surface area contributed by atoms with E-state index in [9.17, 15) is 22.6 Å². The van der Waals surface area contributed by atoms with Crippen LogP contribution in [0.1, 0.15) is 56.1 Å².